The number of piperidine rings is 1. The molecule has 3 aromatic rings. The zero-order chi connectivity index (χ0) is 32.2. The minimum absolute atomic E-state index is 0.200. The number of benzene rings is 2. The van der Waals surface area contributed by atoms with Crippen molar-refractivity contribution in [3.8, 4) is 5.75 Å². The molecule has 1 unspecified atom stereocenters. The quantitative estimate of drug-likeness (QED) is 0.228. The maximum absolute atomic E-state index is 14.9. The summed E-state index contributed by atoms with van der Waals surface area (Å²) in [6.07, 6.45) is 5.01. The van der Waals surface area contributed by atoms with Gasteiger partial charge in [0.25, 0.3) is 0 Å². The predicted octanol–water partition coefficient (Wildman–Crippen LogP) is 5.47. The number of carbonyl (C=O) groups excluding carboxylic acids is 1. The van der Waals surface area contributed by atoms with Crippen LogP contribution in [0.1, 0.15) is 30.9 Å². The van der Waals surface area contributed by atoms with Crippen molar-refractivity contribution in [1.82, 2.24) is 14.9 Å². The number of ether oxygens (including phenoxy) is 2. The van der Waals surface area contributed by atoms with E-state index < -0.39 is 22.7 Å². The Morgan fingerprint density at radius 2 is 1.85 bits per heavy atom. The Balaban J connectivity index is 1.24. The Labute approximate surface area is 271 Å². The highest BCUT2D eigenvalue weighted by atomic mass is 35.5. The van der Waals surface area contributed by atoms with Crippen molar-refractivity contribution in [2.24, 2.45) is 0 Å². The molecule has 0 radical (unpaired) electrons. The lowest BCUT2D eigenvalue weighted by Gasteiger charge is -2.41. The number of halogens is 3. The van der Waals surface area contributed by atoms with E-state index in [-0.39, 0.29) is 11.5 Å². The highest BCUT2D eigenvalue weighted by molar-refractivity contribution is 6.31. The Morgan fingerprint density at radius 1 is 1.07 bits per heavy atom. The van der Waals surface area contributed by atoms with Gasteiger partial charge < -0.3 is 25.0 Å². The Bertz CT molecular complexity index is 1580. The number of nitrogens with one attached hydrogen (secondary N) is 2. The van der Waals surface area contributed by atoms with Crippen LogP contribution in [-0.2, 0) is 14.4 Å². The first kappa shape index (κ1) is 31.9. The molecule has 3 fully saturated rings. The molecule has 3 aliphatic rings. The number of morpholine rings is 1. The van der Waals surface area contributed by atoms with Crippen molar-refractivity contribution in [3.05, 3.63) is 71.5 Å². The zero-order valence-electron chi connectivity index (χ0n) is 25.5. The van der Waals surface area contributed by atoms with Crippen LogP contribution in [0.15, 0.2) is 49.3 Å². The van der Waals surface area contributed by atoms with Crippen LogP contribution in [0.25, 0.3) is 0 Å². The zero-order valence-corrected chi connectivity index (χ0v) is 26.2. The van der Waals surface area contributed by atoms with Gasteiger partial charge in [-0.25, -0.2) is 23.8 Å². The van der Waals surface area contributed by atoms with Gasteiger partial charge >= 0.3 is 0 Å². The summed E-state index contributed by atoms with van der Waals surface area (Å²) in [5, 5.41) is 7.12. The molecule has 6 rings (SSSR count). The summed E-state index contributed by atoms with van der Waals surface area (Å²) in [5.74, 6) is -0.702. The number of hydrogen-bond donors (Lipinski definition) is 2. The van der Waals surface area contributed by atoms with Gasteiger partial charge in [0.1, 0.15) is 34.6 Å². The summed E-state index contributed by atoms with van der Waals surface area (Å²) in [7, 11) is 1.58. The van der Waals surface area contributed by atoms with Crippen LogP contribution in [0.3, 0.4) is 0 Å². The molecule has 3 saturated heterocycles. The van der Waals surface area contributed by atoms with Crippen molar-refractivity contribution < 1.29 is 27.9 Å². The van der Waals surface area contributed by atoms with Crippen molar-refractivity contribution >= 4 is 46.2 Å². The maximum Gasteiger partial charge on any atom is 0.247 e. The van der Waals surface area contributed by atoms with E-state index in [0.29, 0.717) is 47.8 Å². The van der Waals surface area contributed by atoms with Crippen LogP contribution in [0.4, 0.5) is 37.5 Å². The van der Waals surface area contributed by atoms with Gasteiger partial charge in [0.15, 0.2) is 5.82 Å². The number of anilines is 5. The minimum atomic E-state index is -0.834. The minimum Gasteiger partial charge on any atom is -0.494 e. The molecule has 244 valence electrons. The first-order chi connectivity index (χ1) is 22.4. The van der Waals surface area contributed by atoms with E-state index in [1.54, 1.807) is 19.2 Å². The standard InChI is InChI=1S/C32H36ClF2N7O4/c1-3-30(43)39-23-16-24(27(44-2)17-26(23)41-9-6-20(7-10-41)40-11-14-45-15-12-40)38-28-18-29(37-19-36-28)42-25(8-13-46-42)21-4-5-22(34)31(33)32(21)35/h3-5,16-20,25H,1,6-15H2,2H3,(H,39,43)(H,36,37,38). The van der Waals surface area contributed by atoms with Gasteiger partial charge in [-0.15, -0.1) is 0 Å². The predicted molar refractivity (Wildman–Crippen MR) is 172 cm³/mol. The summed E-state index contributed by atoms with van der Waals surface area (Å²) >= 11 is 5.85. The van der Waals surface area contributed by atoms with E-state index in [4.69, 9.17) is 25.9 Å². The molecule has 0 spiro atoms. The highest BCUT2D eigenvalue weighted by Gasteiger charge is 2.33. The molecule has 3 aliphatic heterocycles. The molecule has 4 heterocycles. The third-order valence-electron chi connectivity index (χ3n) is 8.60. The van der Waals surface area contributed by atoms with Crippen LogP contribution in [0, 0.1) is 11.6 Å². The van der Waals surface area contributed by atoms with E-state index in [2.05, 4.69) is 37.0 Å². The fraction of sp³-hybridized carbons (Fsp3) is 0.406. The molecule has 0 bridgehead atoms. The van der Waals surface area contributed by atoms with Gasteiger partial charge in [0, 0.05) is 56.3 Å². The largest absolute Gasteiger partial charge is 0.494 e. The number of carbonyl (C=O) groups is 1. The molecule has 2 aromatic carbocycles. The Morgan fingerprint density at radius 3 is 2.59 bits per heavy atom. The van der Waals surface area contributed by atoms with Crippen molar-refractivity contribution in [2.75, 3.05) is 73.7 Å². The number of rotatable bonds is 9. The summed E-state index contributed by atoms with van der Waals surface area (Å²) in [5.41, 5.74) is 2.19. The van der Waals surface area contributed by atoms with Crippen LogP contribution >= 0.6 is 11.6 Å². The number of hydroxylamine groups is 1. The van der Waals surface area contributed by atoms with Gasteiger partial charge in [-0.1, -0.05) is 24.2 Å². The maximum atomic E-state index is 14.9. The van der Waals surface area contributed by atoms with Gasteiger partial charge in [-0.05, 0) is 31.1 Å². The smallest absolute Gasteiger partial charge is 0.247 e. The van der Waals surface area contributed by atoms with E-state index >= 15 is 0 Å². The Kier molecular flexibility index (Phi) is 9.83. The lowest BCUT2D eigenvalue weighted by Crippen LogP contribution is -2.49. The van der Waals surface area contributed by atoms with Crippen molar-refractivity contribution in [2.45, 2.75) is 31.3 Å². The third kappa shape index (κ3) is 6.73. The lowest BCUT2D eigenvalue weighted by molar-refractivity contribution is -0.111. The molecule has 1 aromatic heterocycles. The normalized spacial score (nSPS) is 19.3. The average Bonchev–Trinajstić information content (AvgIpc) is 3.58. The van der Waals surface area contributed by atoms with Gasteiger partial charge in [0.2, 0.25) is 5.91 Å². The summed E-state index contributed by atoms with van der Waals surface area (Å²) in [6, 6.07) is 7.76. The van der Waals surface area contributed by atoms with E-state index in [1.807, 2.05) is 6.07 Å². The number of hydrogen-bond acceptors (Lipinski definition) is 10. The molecule has 0 aliphatic carbocycles. The average molecular weight is 656 g/mol. The summed E-state index contributed by atoms with van der Waals surface area (Å²) < 4.78 is 40.1. The third-order valence-corrected chi connectivity index (χ3v) is 8.94. The van der Waals surface area contributed by atoms with Crippen molar-refractivity contribution in [1.29, 1.82) is 0 Å². The molecule has 0 saturated carbocycles. The van der Waals surface area contributed by atoms with Crippen molar-refractivity contribution in [3.63, 3.8) is 0 Å². The SMILES string of the molecule is C=CC(=O)Nc1cc(Nc2cc(N3OCCC3c3ccc(F)c(Cl)c3F)ncn2)c(OC)cc1N1CCC(N2CCOCC2)CC1. The van der Waals surface area contributed by atoms with Gasteiger partial charge in [-0.2, -0.15) is 0 Å². The van der Waals surface area contributed by atoms with Crippen LogP contribution in [0.2, 0.25) is 5.02 Å². The molecular formula is C32H36ClF2N7O4. The number of methoxy groups -OCH3 is 1. The monoisotopic (exact) mass is 655 g/mol. The molecule has 14 heteroatoms. The molecule has 46 heavy (non-hydrogen) atoms. The molecule has 2 N–H and O–H groups in total. The second-order valence-electron chi connectivity index (χ2n) is 11.2. The van der Waals surface area contributed by atoms with E-state index in [9.17, 15) is 13.6 Å². The molecule has 1 atom stereocenters. The van der Waals surface area contributed by atoms with Crippen LogP contribution < -0.4 is 25.3 Å². The summed E-state index contributed by atoms with van der Waals surface area (Å²) in [6.45, 7) is 8.99. The fourth-order valence-corrected chi connectivity index (χ4v) is 6.42. The number of aromatic nitrogens is 2. The van der Waals surface area contributed by atoms with Crippen LogP contribution in [-0.4, -0.2) is 79.9 Å². The second kappa shape index (κ2) is 14.2. The number of amides is 1. The van der Waals surface area contributed by atoms with Gasteiger partial charge in [0.05, 0.1) is 50.0 Å². The van der Waals surface area contributed by atoms with E-state index in [0.717, 1.165) is 64.0 Å². The number of nitrogens with zero attached hydrogens (tertiary/aromatic N) is 5. The van der Waals surface area contributed by atoms with Crippen LogP contribution in [0.5, 0.6) is 5.75 Å². The Hall–Kier alpha value is -4.04. The molecule has 1 amide bonds. The first-order valence-corrected chi connectivity index (χ1v) is 15.6. The van der Waals surface area contributed by atoms with E-state index in [1.165, 1.54) is 23.5 Å². The van der Waals surface area contributed by atoms with Gasteiger partial charge in [-0.3, -0.25) is 14.5 Å². The topological polar surface area (TPSA) is 104 Å². The fourth-order valence-electron chi connectivity index (χ4n) is 6.25. The second-order valence-corrected chi connectivity index (χ2v) is 11.6. The summed E-state index contributed by atoms with van der Waals surface area (Å²) in [4.78, 5) is 31.8. The highest BCUT2D eigenvalue weighted by Crippen LogP contribution is 2.41. The lowest BCUT2D eigenvalue weighted by atomic mass is 10.0. The molecular weight excluding hydrogens is 620 g/mol. The molecule has 11 nitrogen and oxygen atoms in total. The first-order valence-electron chi connectivity index (χ1n) is 15.2.